The highest BCUT2D eigenvalue weighted by Crippen LogP contribution is 2.27. The number of carbonyl (C=O) groups excluding carboxylic acids is 2. The second-order valence-electron chi connectivity index (χ2n) is 5.77. The van der Waals surface area contributed by atoms with Crippen molar-refractivity contribution in [2.75, 3.05) is 18.5 Å². The lowest BCUT2D eigenvalue weighted by Gasteiger charge is -2.32. The van der Waals surface area contributed by atoms with Gasteiger partial charge in [0.1, 0.15) is 6.04 Å². The zero-order valence-corrected chi connectivity index (χ0v) is 13.4. The van der Waals surface area contributed by atoms with E-state index in [9.17, 15) is 9.59 Å². The van der Waals surface area contributed by atoms with Crippen LogP contribution in [0.4, 0.5) is 10.5 Å². The number of benzene rings is 1. The molecule has 1 aromatic rings. The second kappa shape index (κ2) is 6.68. The van der Waals surface area contributed by atoms with E-state index in [1.54, 1.807) is 6.92 Å². The number of likely N-dealkylation sites (N-methyl/N-ethyl adjacent to an activating group) is 1. The number of nitrogens with one attached hydrogen (secondary N) is 1. The Balaban J connectivity index is 2.29. The SMILES string of the molecule is CC[C@H]1CN(C)c2ccccc2CN1C(=O)[C@H](C)NC(N)=O. The standard InChI is InChI=1S/C16H24N4O2/c1-4-13-10-19(3)14-8-6-5-7-12(14)9-20(13)15(21)11(2)18-16(17)22/h5-8,11,13H,4,9-10H2,1-3H3,(H3,17,18,22)/t11-,13-/m0/s1. The van der Waals surface area contributed by atoms with Gasteiger partial charge in [0.2, 0.25) is 5.91 Å². The van der Waals surface area contributed by atoms with Gasteiger partial charge in [-0.05, 0) is 25.0 Å². The monoisotopic (exact) mass is 304 g/mol. The van der Waals surface area contributed by atoms with Crippen LogP contribution in [0.5, 0.6) is 0 Å². The average Bonchev–Trinajstić information content (AvgIpc) is 2.63. The van der Waals surface area contributed by atoms with Gasteiger partial charge in [-0.15, -0.1) is 0 Å². The first-order valence-electron chi connectivity index (χ1n) is 7.59. The lowest BCUT2D eigenvalue weighted by molar-refractivity contribution is -0.135. The van der Waals surface area contributed by atoms with Gasteiger partial charge in [0, 0.05) is 31.9 Å². The number of para-hydroxylation sites is 1. The third kappa shape index (κ3) is 3.32. The molecule has 1 heterocycles. The number of amides is 3. The molecule has 0 radical (unpaired) electrons. The van der Waals surface area contributed by atoms with Crippen LogP contribution in [0.3, 0.4) is 0 Å². The van der Waals surface area contributed by atoms with Crippen LogP contribution in [-0.2, 0) is 11.3 Å². The molecule has 6 nitrogen and oxygen atoms in total. The molecule has 0 bridgehead atoms. The van der Waals surface area contributed by atoms with Crippen molar-refractivity contribution in [2.24, 2.45) is 5.73 Å². The number of nitrogens with zero attached hydrogens (tertiary/aromatic N) is 2. The van der Waals surface area contributed by atoms with Gasteiger partial charge < -0.3 is 20.9 Å². The summed E-state index contributed by atoms with van der Waals surface area (Å²) in [6, 6.07) is 6.89. The minimum Gasteiger partial charge on any atom is -0.372 e. The molecule has 0 spiro atoms. The van der Waals surface area contributed by atoms with Gasteiger partial charge in [-0.3, -0.25) is 4.79 Å². The van der Waals surface area contributed by atoms with Gasteiger partial charge in [0.25, 0.3) is 0 Å². The lowest BCUT2D eigenvalue weighted by atomic mass is 10.1. The number of urea groups is 1. The van der Waals surface area contributed by atoms with Gasteiger partial charge in [-0.25, -0.2) is 4.79 Å². The third-order valence-electron chi connectivity index (χ3n) is 4.15. The van der Waals surface area contributed by atoms with Crippen molar-refractivity contribution in [3.8, 4) is 0 Å². The van der Waals surface area contributed by atoms with E-state index in [0.29, 0.717) is 6.54 Å². The first-order chi connectivity index (χ1) is 10.4. The lowest BCUT2D eigenvalue weighted by Crippen LogP contribution is -2.52. The minimum absolute atomic E-state index is 0.0991. The fourth-order valence-electron chi connectivity index (χ4n) is 2.97. The Hall–Kier alpha value is -2.24. The van der Waals surface area contributed by atoms with E-state index >= 15 is 0 Å². The molecule has 1 aliphatic rings. The van der Waals surface area contributed by atoms with Crippen LogP contribution in [-0.4, -0.2) is 42.5 Å². The van der Waals surface area contributed by atoms with Gasteiger partial charge in [-0.1, -0.05) is 25.1 Å². The summed E-state index contributed by atoms with van der Waals surface area (Å²) in [6.07, 6.45) is 0.855. The van der Waals surface area contributed by atoms with E-state index in [2.05, 4.69) is 23.2 Å². The number of fused-ring (bicyclic) bond motifs is 1. The number of anilines is 1. The van der Waals surface area contributed by atoms with Crippen LogP contribution in [0, 0.1) is 0 Å². The first kappa shape index (κ1) is 16.1. The molecule has 3 amide bonds. The van der Waals surface area contributed by atoms with Gasteiger partial charge in [-0.2, -0.15) is 0 Å². The maximum atomic E-state index is 12.7. The Morgan fingerprint density at radius 3 is 2.73 bits per heavy atom. The highest BCUT2D eigenvalue weighted by atomic mass is 16.2. The van der Waals surface area contributed by atoms with Crippen molar-refractivity contribution in [1.82, 2.24) is 10.2 Å². The summed E-state index contributed by atoms with van der Waals surface area (Å²) in [7, 11) is 2.04. The molecule has 0 aromatic heterocycles. The molecule has 6 heteroatoms. The van der Waals surface area contributed by atoms with Crippen molar-refractivity contribution >= 4 is 17.6 Å². The Labute approximate surface area is 131 Å². The van der Waals surface area contributed by atoms with Crippen LogP contribution in [0.2, 0.25) is 0 Å². The minimum atomic E-state index is -0.679. The normalized spacial score (nSPS) is 19.1. The van der Waals surface area contributed by atoms with Crippen molar-refractivity contribution in [3.63, 3.8) is 0 Å². The molecule has 0 unspecified atom stereocenters. The topological polar surface area (TPSA) is 78.7 Å². The second-order valence-corrected chi connectivity index (χ2v) is 5.77. The van der Waals surface area contributed by atoms with Crippen LogP contribution >= 0.6 is 0 Å². The predicted octanol–water partition coefficient (Wildman–Crippen LogP) is 1.30. The highest BCUT2D eigenvalue weighted by Gasteiger charge is 2.31. The summed E-state index contributed by atoms with van der Waals surface area (Å²) < 4.78 is 0. The van der Waals surface area contributed by atoms with Gasteiger partial charge in [0.05, 0.1) is 0 Å². The van der Waals surface area contributed by atoms with Crippen LogP contribution in [0.15, 0.2) is 24.3 Å². The Bertz CT molecular complexity index is 561. The smallest absolute Gasteiger partial charge is 0.312 e. The summed E-state index contributed by atoms with van der Waals surface area (Å²) >= 11 is 0. The Kier molecular flexibility index (Phi) is 4.90. The van der Waals surface area contributed by atoms with E-state index in [1.165, 1.54) is 0 Å². The number of rotatable bonds is 3. The van der Waals surface area contributed by atoms with E-state index < -0.39 is 12.1 Å². The van der Waals surface area contributed by atoms with E-state index in [1.807, 2.05) is 30.1 Å². The number of nitrogens with two attached hydrogens (primary N) is 1. The molecule has 120 valence electrons. The molecular formula is C16H24N4O2. The molecule has 0 fully saturated rings. The van der Waals surface area contributed by atoms with Crippen LogP contribution in [0.25, 0.3) is 0 Å². The largest absolute Gasteiger partial charge is 0.372 e. The van der Waals surface area contributed by atoms with Gasteiger partial charge in [0.15, 0.2) is 0 Å². The fourth-order valence-corrected chi connectivity index (χ4v) is 2.97. The quantitative estimate of drug-likeness (QED) is 0.883. The average molecular weight is 304 g/mol. The summed E-state index contributed by atoms with van der Waals surface area (Å²) in [5.41, 5.74) is 7.39. The molecular weight excluding hydrogens is 280 g/mol. The van der Waals surface area contributed by atoms with Crippen molar-refractivity contribution in [3.05, 3.63) is 29.8 Å². The summed E-state index contributed by atoms with van der Waals surface area (Å²) in [5.74, 6) is -0.101. The molecule has 2 rings (SSSR count). The van der Waals surface area contributed by atoms with Crippen LogP contribution in [0.1, 0.15) is 25.8 Å². The highest BCUT2D eigenvalue weighted by molar-refractivity contribution is 5.86. The van der Waals surface area contributed by atoms with E-state index in [0.717, 1.165) is 24.2 Å². The molecule has 22 heavy (non-hydrogen) atoms. The van der Waals surface area contributed by atoms with Crippen molar-refractivity contribution in [1.29, 1.82) is 0 Å². The molecule has 2 atom stereocenters. The molecule has 0 saturated heterocycles. The maximum Gasteiger partial charge on any atom is 0.312 e. The molecule has 1 aliphatic heterocycles. The number of hydrogen-bond acceptors (Lipinski definition) is 3. The number of hydrogen-bond donors (Lipinski definition) is 2. The van der Waals surface area contributed by atoms with Crippen molar-refractivity contribution in [2.45, 2.75) is 38.9 Å². The fraction of sp³-hybridized carbons (Fsp3) is 0.500. The Morgan fingerprint density at radius 1 is 1.41 bits per heavy atom. The molecule has 0 saturated carbocycles. The van der Waals surface area contributed by atoms with Gasteiger partial charge >= 0.3 is 6.03 Å². The molecule has 0 aliphatic carbocycles. The zero-order valence-electron chi connectivity index (χ0n) is 13.4. The third-order valence-corrected chi connectivity index (χ3v) is 4.15. The Morgan fingerprint density at radius 2 is 2.09 bits per heavy atom. The van der Waals surface area contributed by atoms with E-state index in [-0.39, 0.29) is 11.9 Å². The first-order valence-corrected chi connectivity index (χ1v) is 7.59. The van der Waals surface area contributed by atoms with Crippen molar-refractivity contribution < 1.29 is 9.59 Å². The molecule has 1 aromatic carbocycles. The van der Waals surface area contributed by atoms with Crippen LogP contribution < -0.4 is 16.0 Å². The number of carbonyl (C=O) groups is 2. The maximum absolute atomic E-state index is 12.7. The predicted molar refractivity (Wildman–Crippen MR) is 86.5 cm³/mol. The summed E-state index contributed by atoms with van der Waals surface area (Å²) in [5, 5.41) is 2.47. The number of primary amides is 1. The zero-order chi connectivity index (χ0) is 16.3. The molecule has 3 N–H and O–H groups in total. The summed E-state index contributed by atoms with van der Waals surface area (Å²) in [6.45, 7) is 5.05. The van der Waals surface area contributed by atoms with E-state index in [4.69, 9.17) is 5.73 Å². The summed E-state index contributed by atoms with van der Waals surface area (Å²) in [4.78, 5) is 27.7.